The van der Waals surface area contributed by atoms with Crippen molar-refractivity contribution in [2.24, 2.45) is 0 Å². The predicted octanol–water partition coefficient (Wildman–Crippen LogP) is 2.30. The Morgan fingerprint density at radius 2 is 1.94 bits per heavy atom. The first kappa shape index (κ1) is 12.4. The van der Waals surface area contributed by atoms with Gasteiger partial charge < -0.3 is 15.6 Å². The zero-order valence-corrected chi connectivity index (χ0v) is 10.3. The zero-order valence-electron chi connectivity index (χ0n) is 10.3. The Balaban J connectivity index is 2.16. The minimum Gasteiger partial charge on any atom is -0.437 e. The first-order valence-corrected chi connectivity index (χ1v) is 5.79. The summed E-state index contributed by atoms with van der Waals surface area (Å²) in [5, 5.41) is 8.83. The smallest absolute Gasteiger partial charge is 0.242 e. The molecule has 0 unspecified atom stereocenters. The van der Waals surface area contributed by atoms with Gasteiger partial charge in [0.15, 0.2) is 0 Å². The lowest BCUT2D eigenvalue weighted by Gasteiger charge is -2.09. The molecule has 2 rings (SSSR count). The Morgan fingerprint density at radius 3 is 2.61 bits per heavy atom. The topological polar surface area (TPSA) is 68.4 Å². The van der Waals surface area contributed by atoms with Crippen molar-refractivity contribution >= 4 is 5.69 Å². The van der Waals surface area contributed by atoms with Crippen LogP contribution in [0.5, 0.6) is 11.6 Å². The molecule has 0 aliphatic carbocycles. The molecule has 0 aliphatic rings. The Morgan fingerprint density at radius 1 is 1.22 bits per heavy atom. The van der Waals surface area contributed by atoms with Gasteiger partial charge in [-0.25, -0.2) is 4.98 Å². The number of nitrogens with two attached hydrogens (primary N) is 1. The number of rotatable bonds is 4. The van der Waals surface area contributed by atoms with Crippen molar-refractivity contribution in [3.63, 3.8) is 0 Å². The summed E-state index contributed by atoms with van der Waals surface area (Å²) in [5.74, 6) is 1.10. The molecule has 0 fully saturated rings. The second-order valence-electron chi connectivity index (χ2n) is 4.07. The number of aryl methyl sites for hydroxylation is 1. The van der Waals surface area contributed by atoms with Crippen LogP contribution < -0.4 is 10.5 Å². The molecule has 0 saturated heterocycles. The van der Waals surface area contributed by atoms with Gasteiger partial charge in [-0.1, -0.05) is 12.1 Å². The molecule has 1 aromatic heterocycles. The van der Waals surface area contributed by atoms with Crippen LogP contribution in [0.25, 0.3) is 0 Å². The van der Waals surface area contributed by atoms with E-state index >= 15 is 0 Å². The first-order chi connectivity index (χ1) is 8.70. The molecule has 4 heteroatoms. The van der Waals surface area contributed by atoms with Crippen molar-refractivity contribution in [3.8, 4) is 11.6 Å². The Labute approximate surface area is 106 Å². The molecule has 0 bridgehead atoms. The maximum atomic E-state index is 8.83. The molecule has 0 atom stereocenters. The van der Waals surface area contributed by atoms with Gasteiger partial charge in [-0.05, 0) is 42.7 Å². The van der Waals surface area contributed by atoms with E-state index in [0.717, 1.165) is 11.1 Å². The average Bonchev–Trinajstić information content (AvgIpc) is 2.38. The third kappa shape index (κ3) is 2.78. The number of nitrogens with zero attached hydrogens (tertiary/aromatic N) is 1. The van der Waals surface area contributed by atoms with Crippen LogP contribution in [-0.2, 0) is 6.42 Å². The van der Waals surface area contributed by atoms with Crippen LogP contribution in [-0.4, -0.2) is 16.7 Å². The second-order valence-corrected chi connectivity index (χ2v) is 4.07. The molecule has 0 spiro atoms. The summed E-state index contributed by atoms with van der Waals surface area (Å²) in [6, 6.07) is 9.35. The van der Waals surface area contributed by atoms with Gasteiger partial charge in [-0.3, -0.25) is 0 Å². The van der Waals surface area contributed by atoms with Crippen molar-refractivity contribution in [2.75, 3.05) is 12.3 Å². The second kappa shape index (κ2) is 5.51. The van der Waals surface area contributed by atoms with Crippen LogP contribution >= 0.6 is 0 Å². The van der Waals surface area contributed by atoms with Crippen LogP contribution in [0.3, 0.4) is 0 Å². The number of anilines is 1. The minimum atomic E-state index is 0.145. The summed E-state index contributed by atoms with van der Waals surface area (Å²) in [6.45, 7) is 2.06. The molecule has 1 heterocycles. The van der Waals surface area contributed by atoms with Gasteiger partial charge in [0.25, 0.3) is 0 Å². The van der Waals surface area contributed by atoms with E-state index in [4.69, 9.17) is 15.6 Å². The molecule has 0 radical (unpaired) electrons. The average molecular weight is 244 g/mol. The molecular formula is C14H16N2O2. The SMILES string of the molecule is Cc1ccnc(Oc2ccc(CCO)cc2)c1N. The maximum absolute atomic E-state index is 8.83. The summed E-state index contributed by atoms with van der Waals surface area (Å²) in [5.41, 5.74) is 8.45. The highest BCUT2D eigenvalue weighted by molar-refractivity contribution is 5.55. The number of hydrogen-bond acceptors (Lipinski definition) is 4. The number of pyridine rings is 1. The largest absolute Gasteiger partial charge is 0.437 e. The van der Waals surface area contributed by atoms with E-state index in [0.29, 0.717) is 23.7 Å². The van der Waals surface area contributed by atoms with E-state index in [9.17, 15) is 0 Å². The standard InChI is InChI=1S/C14H16N2O2/c1-10-6-8-16-14(13(10)15)18-12-4-2-11(3-5-12)7-9-17/h2-6,8,17H,7,9,15H2,1H3. The summed E-state index contributed by atoms with van der Waals surface area (Å²) in [4.78, 5) is 4.11. The van der Waals surface area contributed by atoms with Gasteiger partial charge in [0.2, 0.25) is 5.88 Å². The highest BCUT2D eigenvalue weighted by atomic mass is 16.5. The molecular weight excluding hydrogens is 228 g/mol. The van der Waals surface area contributed by atoms with Crippen LogP contribution in [0.4, 0.5) is 5.69 Å². The molecule has 94 valence electrons. The number of nitrogen functional groups attached to an aromatic ring is 1. The van der Waals surface area contributed by atoms with Gasteiger partial charge in [-0.2, -0.15) is 0 Å². The Hall–Kier alpha value is -2.07. The third-order valence-electron chi connectivity index (χ3n) is 2.71. The first-order valence-electron chi connectivity index (χ1n) is 5.79. The highest BCUT2D eigenvalue weighted by Gasteiger charge is 2.05. The molecule has 3 N–H and O–H groups in total. The lowest BCUT2D eigenvalue weighted by Crippen LogP contribution is -1.97. The van der Waals surface area contributed by atoms with Crippen molar-refractivity contribution in [1.29, 1.82) is 0 Å². The lowest BCUT2D eigenvalue weighted by atomic mass is 10.1. The van der Waals surface area contributed by atoms with Gasteiger partial charge >= 0.3 is 0 Å². The fourth-order valence-electron chi connectivity index (χ4n) is 1.59. The third-order valence-corrected chi connectivity index (χ3v) is 2.71. The predicted molar refractivity (Wildman–Crippen MR) is 70.7 cm³/mol. The summed E-state index contributed by atoms with van der Waals surface area (Å²) >= 11 is 0. The minimum absolute atomic E-state index is 0.145. The van der Waals surface area contributed by atoms with Crippen LogP contribution in [0.15, 0.2) is 36.5 Å². The number of aromatic nitrogens is 1. The van der Waals surface area contributed by atoms with Crippen LogP contribution in [0, 0.1) is 6.92 Å². The van der Waals surface area contributed by atoms with E-state index in [-0.39, 0.29) is 6.61 Å². The van der Waals surface area contributed by atoms with Crippen molar-refractivity contribution < 1.29 is 9.84 Å². The molecule has 0 saturated carbocycles. The van der Waals surface area contributed by atoms with Crippen LogP contribution in [0.2, 0.25) is 0 Å². The molecule has 4 nitrogen and oxygen atoms in total. The molecule has 0 aliphatic heterocycles. The molecule has 2 aromatic rings. The Bertz CT molecular complexity index is 524. The molecule has 0 amide bonds. The fraction of sp³-hybridized carbons (Fsp3) is 0.214. The number of aliphatic hydroxyl groups excluding tert-OH is 1. The number of benzene rings is 1. The Kier molecular flexibility index (Phi) is 3.79. The molecule has 1 aromatic carbocycles. The van der Waals surface area contributed by atoms with Crippen molar-refractivity contribution in [1.82, 2.24) is 4.98 Å². The summed E-state index contributed by atoms with van der Waals surface area (Å²) in [7, 11) is 0. The van der Waals surface area contributed by atoms with E-state index in [1.807, 2.05) is 37.3 Å². The highest BCUT2D eigenvalue weighted by Crippen LogP contribution is 2.27. The number of aliphatic hydroxyl groups is 1. The van der Waals surface area contributed by atoms with E-state index in [1.54, 1.807) is 6.20 Å². The van der Waals surface area contributed by atoms with Crippen molar-refractivity contribution in [3.05, 3.63) is 47.7 Å². The number of ether oxygens (including phenoxy) is 1. The summed E-state index contributed by atoms with van der Waals surface area (Å²) < 4.78 is 5.62. The lowest BCUT2D eigenvalue weighted by molar-refractivity contribution is 0.299. The van der Waals surface area contributed by atoms with Gasteiger partial charge in [-0.15, -0.1) is 0 Å². The van der Waals surface area contributed by atoms with Gasteiger partial charge in [0.1, 0.15) is 5.75 Å². The van der Waals surface area contributed by atoms with E-state index in [1.165, 1.54) is 0 Å². The van der Waals surface area contributed by atoms with Gasteiger partial charge in [0, 0.05) is 12.8 Å². The maximum Gasteiger partial charge on any atom is 0.242 e. The summed E-state index contributed by atoms with van der Waals surface area (Å²) in [6.07, 6.45) is 2.31. The number of hydrogen-bond donors (Lipinski definition) is 2. The molecule has 18 heavy (non-hydrogen) atoms. The normalized spacial score (nSPS) is 10.3. The van der Waals surface area contributed by atoms with Crippen LogP contribution in [0.1, 0.15) is 11.1 Å². The zero-order chi connectivity index (χ0) is 13.0. The van der Waals surface area contributed by atoms with E-state index < -0.39 is 0 Å². The quantitative estimate of drug-likeness (QED) is 0.866. The van der Waals surface area contributed by atoms with Crippen molar-refractivity contribution in [2.45, 2.75) is 13.3 Å². The monoisotopic (exact) mass is 244 g/mol. The van der Waals surface area contributed by atoms with Gasteiger partial charge in [0.05, 0.1) is 5.69 Å². The van der Waals surface area contributed by atoms with E-state index in [2.05, 4.69) is 4.98 Å². The fourth-order valence-corrected chi connectivity index (χ4v) is 1.59.